The van der Waals surface area contributed by atoms with Crippen molar-refractivity contribution in [2.45, 2.75) is 58.0 Å². The Morgan fingerprint density at radius 2 is 2.17 bits per heavy atom. The number of nitrogens with zero attached hydrogens (tertiary/aromatic N) is 3. The second kappa shape index (κ2) is 7.11. The van der Waals surface area contributed by atoms with Crippen LogP contribution in [0, 0.1) is 12.7 Å². The fourth-order valence-corrected chi connectivity index (χ4v) is 3.01. The lowest BCUT2D eigenvalue weighted by molar-refractivity contribution is -0.134. The van der Waals surface area contributed by atoms with Gasteiger partial charge in [-0.3, -0.25) is 4.79 Å². The van der Waals surface area contributed by atoms with Crippen molar-refractivity contribution in [1.29, 1.82) is 0 Å². The number of aryl methyl sites for hydroxylation is 2. The van der Waals surface area contributed by atoms with E-state index in [-0.39, 0.29) is 23.8 Å². The van der Waals surface area contributed by atoms with Crippen LogP contribution in [0.1, 0.15) is 55.9 Å². The topological polar surface area (TPSA) is 59.2 Å². The van der Waals surface area contributed by atoms with Gasteiger partial charge in [-0.15, -0.1) is 0 Å². The van der Waals surface area contributed by atoms with E-state index in [1.54, 1.807) is 19.1 Å². The molecule has 24 heavy (non-hydrogen) atoms. The second-order valence-electron chi connectivity index (χ2n) is 6.32. The van der Waals surface area contributed by atoms with Crippen molar-refractivity contribution in [1.82, 2.24) is 15.0 Å². The van der Waals surface area contributed by atoms with Crippen LogP contribution >= 0.6 is 0 Å². The number of benzene rings is 1. The number of carbonyl (C=O) groups excluding carboxylic acids is 1. The number of amides is 1. The number of hydrogen-bond donors (Lipinski definition) is 0. The highest BCUT2D eigenvalue weighted by Crippen LogP contribution is 2.35. The Hall–Kier alpha value is -2.24. The summed E-state index contributed by atoms with van der Waals surface area (Å²) in [5, 5.41) is 3.74. The third kappa shape index (κ3) is 3.80. The van der Waals surface area contributed by atoms with E-state index in [0.29, 0.717) is 36.5 Å². The molecule has 1 atom stereocenters. The molecule has 2 aromatic rings. The molecule has 1 aromatic heterocycles. The van der Waals surface area contributed by atoms with Crippen LogP contribution in [0.3, 0.4) is 0 Å². The van der Waals surface area contributed by atoms with E-state index >= 15 is 0 Å². The molecule has 0 saturated heterocycles. The molecular weight excluding hydrogens is 309 g/mol. The van der Waals surface area contributed by atoms with Gasteiger partial charge in [-0.05, 0) is 39.2 Å². The van der Waals surface area contributed by atoms with Crippen LogP contribution in [-0.2, 0) is 11.2 Å². The average Bonchev–Trinajstić information content (AvgIpc) is 3.29. The summed E-state index contributed by atoms with van der Waals surface area (Å²) in [5.41, 5.74) is 0.574. The second-order valence-corrected chi connectivity index (χ2v) is 6.32. The first-order valence-electron chi connectivity index (χ1n) is 8.41. The van der Waals surface area contributed by atoms with E-state index in [9.17, 15) is 9.18 Å². The van der Waals surface area contributed by atoms with Gasteiger partial charge in [0.15, 0.2) is 5.82 Å². The first kappa shape index (κ1) is 16.6. The van der Waals surface area contributed by atoms with Gasteiger partial charge >= 0.3 is 0 Å². The van der Waals surface area contributed by atoms with Crippen molar-refractivity contribution in [3.63, 3.8) is 0 Å². The fraction of sp³-hybridized carbons (Fsp3) is 0.500. The third-order valence-corrected chi connectivity index (χ3v) is 4.35. The van der Waals surface area contributed by atoms with Gasteiger partial charge in [-0.1, -0.05) is 23.4 Å². The number of halogens is 1. The fourth-order valence-electron chi connectivity index (χ4n) is 3.01. The number of carbonyl (C=O) groups is 1. The predicted molar refractivity (Wildman–Crippen MR) is 86.7 cm³/mol. The molecule has 1 fully saturated rings. The van der Waals surface area contributed by atoms with E-state index in [4.69, 9.17) is 4.52 Å². The van der Waals surface area contributed by atoms with Crippen molar-refractivity contribution in [3.05, 3.63) is 47.4 Å². The quantitative estimate of drug-likeness (QED) is 0.778. The summed E-state index contributed by atoms with van der Waals surface area (Å²) in [7, 11) is 0. The standard InChI is InChI=1S/C18H22FN3O2/c1-12(15-6-3-4-7-16(15)19)22(14-10-11-14)18(23)9-5-8-17-20-13(2)21-24-17/h3-4,6-7,12,14H,5,8-11H2,1-2H3. The van der Waals surface area contributed by atoms with Crippen molar-refractivity contribution in [2.24, 2.45) is 0 Å². The molecular formula is C18H22FN3O2. The predicted octanol–water partition coefficient (Wildman–Crippen LogP) is 3.59. The van der Waals surface area contributed by atoms with Gasteiger partial charge in [0.2, 0.25) is 11.8 Å². The molecule has 1 saturated carbocycles. The van der Waals surface area contributed by atoms with Gasteiger partial charge in [-0.2, -0.15) is 4.98 Å². The minimum atomic E-state index is -0.259. The molecule has 128 valence electrons. The molecule has 6 heteroatoms. The van der Waals surface area contributed by atoms with E-state index in [1.165, 1.54) is 6.07 Å². The smallest absolute Gasteiger partial charge is 0.226 e. The molecule has 1 heterocycles. The molecule has 5 nitrogen and oxygen atoms in total. The van der Waals surface area contributed by atoms with Crippen molar-refractivity contribution < 1.29 is 13.7 Å². The lowest BCUT2D eigenvalue weighted by Crippen LogP contribution is -2.35. The lowest BCUT2D eigenvalue weighted by Gasteiger charge is -2.30. The van der Waals surface area contributed by atoms with Crippen LogP contribution in [-0.4, -0.2) is 27.0 Å². The maximum absolute atomic E-state index is 14.1. The van der Waals surface area contributed by atoms with Gasteiger partial charge in [0.25, 0.3) is 0 Å². The van der Waals surface area contributed by atoms with E-state index in [1.807, 2.05) is 17.9 Å². The van der Waals surface area contributed by atoms with Crippen LogP contribution in [0.2, 0.25) is 0 Å². The molecule has 1 aliphatic carbocycles. The number of hydrogen-bond acceptors (Lipinski definition) is 4. The largest absolute Gasteiger partial charge is 0.339 e. The highest BCUT2D eigenvalue weighted by Gasteiger charge is 2.36. The Balaban J connectivity index is 1.62. The van der Waals surface area contributed by atoms with E-state index < -0.39 is 0 Å². The van der Waals surface area contributed by atoms with Gasteiger partial charge < -0.3 is 9.42 Å². The summed E-state index contributed by atoms with van der Waals surface area (Å²) in [4.78, 5) is 18.7. The lowest BCUT2D eigenvalue weighted by atomic mass is 10.0. The normalized spacial score (nSPS) is 15.3. The van der Waals surface area contributed by atoms with E-state index in [0.717, 1.165) is 12.8 Å². The van der Waals surface area contributed by atoms with Gasteiger partial charge in [-0.25, -0.2) is 4.39 Å². The van der Waals surface area contributed by atoms with E-state index in [2.05, 4.69) is 10.1 Å². The molecule has 1 aliphatic rings. The molecule has 0 bridgehead atoms. The maximum Gasteiger partial charge on any atom is 0.226 e. The van der Waals surface area contributed by atoms with Crippen molar-refractivity contribution in [3.8, 4) is 0 Å². The molecule has 0 spiro atoms. The van der Waals surface area contributed by atoms with Crippen LogP contribution in [0.25, 0.3) is 0 Å². The maximum atomic E-state index is 14.1. The zero-order chi connectivity index (χ0) is 17.1. The molecule has 1 unspecified atom stereocenters. The summed E-state index contributed by atoms with van der Waals surface area (Å²) in [6, 6.07) is 6.65. The van der Waals surface area contributed by atoms with Gasteiger partial charge in [0.1, 0.15) is 5.82 Å². The third-order valence-electron chi connectivity index (χ3n) is 4.35. The number of rotatable bonds is 7. The van der Waals surface area contributed by atoms with Gasteiger partial charge in [0.05, 0.1) is 6.04 Å². The molecule has 1 aromatic carbocycles. The highest BCUT2D eigenvalue weighted by atomic mass is 19.1. The number of aromatic nitrogens is 2. The molecule has 0 N–H and O–H groups in total. The first-order valence-corrected chi connectivity index (χ1v) is 8.41. The average molecular weight is 331 g/mol. The summed E-state index contributed by atoms with van der Waals surface area (Å²) in [5.74, 6) is 0.957. The SMILES string of the molecule is Cc1noc(CCCC(=O)N(C2CC2)C(C)c2ccccc2F)n1. The Labute approximate surface area is 140 Å². The van der Waals surface area contributed by atoms with Crippen LogP contribution < -0.4 is 0 Å². The Morgan fingerprint density at radius 3 is 2.79 bits per heavy atom. The Morgan fingerprint density at radius 1 is 1.42 bits per heavy atom. The zero-order valence-corrected chi connectivity index (χ0v) is 14.0. The zero-order valence-electron chi connectivity index (χ0n) is 14.0. The van der Waals surface area contributed by atoms with Crippen molar-refractivity contribution in [2.75, 3.05) is 0 Å². The first-order chi connectivity index (χ1) is 11.6. The van der Waals surface area contributed by atoms with Crippen LogP contribution in [0.5, 0.6) is 0 Å². The van der Waals surface area contributed by atoms with Crippen LogP contribution in [0.15, 0.2) is 28.8 Å². The highest BCUT2D eigenvalue weighted by molar-refractivity contribution is 5.77. The Bertz CT molecular complexity index is 712. The molecule has 0 radical (unpaired) electrons. The monoisotopic (exact) mass is 331 g/mol. The summed E-state index contributed by atoms with van der Waals surface area (Å²) < 4.78 is 19.1. The molecule has 1 amide bonds. The van der Waals surface area contributed by atoms with Crippen molar-refractivity contribution >= 4 is 5.91 Å². The Kier molecular flexibility index (Phi) is 4.92. The summed E-state index contributed by atoms with van der Waals surface area (Å²) >= 11 is 0. The summed E-state index contributed by atoms with van der Waals surface area (Å²) in [6.45, 7) is 3.67. The minimum Gasteiger partial charge on any atom is -0.339 e. The van der Waals surface area contributed by atoms with Crippen LogP contribution in [0.4, 0.5) is 4.39 Å². The van der Waals surface area contributed by atoms with Gasteiger partial charge in [0, 0.05) is 24.4 Å². The minimum absolute atomic E-state index is 0.0597. The molecule has 0 aliphatic heterocycles. The molecule has 3 rings (SSSR count). The summed E-state index contributed by atoms with van der Waals surface area (Å²) in [6.07, 6.45) is 3.62.